The van der Waals surface area contributed by atoms with Gasteiger partial charge in [0.1, 0.15) is 0 Å². The molecular weight excluding hydrogens is 158 g/mol. The van der Waals surface area contributed by atoms with E-state index in [4.69, 9.17) is 0 Å². The summed E-state index contributed by atoms with van der Waals surface area (Å²) in [6, 6.07) is 0. The lowest BCUT2D eigenvalue weighted by molar-refractivity contribution is -0.114. The largest absolute Gasteiger partial charge is 0.309 e. The van der Waals surface area contributed by atoms with E-state index in [1.165, 1.54) is 6.92 Å². The van der Waals surface area contributed by atoms with E-state index in [-0.39, 0.29) is 5.91 Å². The molecule has 1 amide bonds. The Labute approximate surface area is 67.3 Å². The van der Waals surface area contributed by atoms with Crippen LogP contribution in [0.1, 0.15) is 6.92 Å². The van der Waals surface area contributed by atoms with E-state index in [1.54, 1.807) is 6.20 Å². The van der Waals surface area contributed by atoms with Crippen LogP contribution in [0.5, 0.6) is 0 Å². The van der Waals surface area contributed by atoms with Crippen LogP contribution in [0.15, 0.2) is 6.20 Å². The molecule has 0 saturated carbocycles. The summed E-state index contributed by atoms with van der Waals surface area (Å²) in [5, 5.41) is 16.4. The first-order valence-electron chi connectivity index (χ1n) is 3.42. The van der Waals surface area contributed by atoms with Crippen molar-refractivity contribution in [3.63, 3.8) is 0 Å². The van der Waals surface area contributed by atoms with Crippen LogP contribution in [-0.2, 0) is 4.79 Å². The number of carbonyl (C=O) groups is 1. The zero-order valence-corrected chi connectivity index (χ0v) is 6.38. The average molecular weight is 165 g/mol. The molecule has 2 rings (SSSR count). The highest BCUT2D eigenvalue weighted by Gasteiger charge is 2.06. The van der Waals surface area contributed by atoms with Crippen molar-refractivity contribution in [3.05, 3.63) is 6.20 Å². The second kappa shape index (κ2) is 2.33. The third kappa shape index (κ3) is 0.931. The van der Waals surface area contributed by atoms with Crippen LogP contribution in [0.4, 0.5) is 5.82 Å². The fraction of sp³-hybridized carbons (Fsp3) is 0.167. The quantitative estimate of drug-likeness (QED) is 0.565. The van der Waals surface area contributed by atoms with E-state index in [0.717, 1.165) is 5.39 Å². The molecule has 0 aromatic carbocycles. The van der Waals surface area contributed by atoms with E-state index in [9.17, 15) is 4.79 Å². The summed E-state index contributed by atoms with van der Waals surface area (Å²) in [4.78, 5) is 10.7. The third-order valence-electron chi connectivity index (χ3n) is 1.47. The summed E-state index contributed by atoms with van der Waals surface area (Å²) in [6.45, 7) is 1.43. The van der Waals surface area contributed by atoms with Crippen molar-refractivity contribution in [2.75, 3.05) is 5.32 Å². The molecule has 0 aliphatic heterocycles. The van der Waals surface area contributed by atoms with Gasteiger partial charge >= 0.3 is 0 Å². The Hall–Kier alpha value is -1.85. The molecule has 0 unspecified atom stereocenters. The van der Waals surface area contributed by atoms with Gasteiger partial charge in [-0.1, -0.05) is 0 Å². The molecule has 12 heavy (non-hydrogen) atoms. The smallest absolute Gasteiger partial charge is 0.222 e. The van der Waals surface area contributed by atoms with E-state index in [2.05, 4.69) is 25.7 Å². The zero-order valence-electron chi connectivity index (χ0n) is 6.38. The number of fused-ring (bicyclic) bond motifs is 1. The van der Waals surface area contributed by atoms with Crippen molar-refractivity contribution in [2.24, 2.45) is 0 Å². The molecule has 0 aliphatic rings. The van der Waals surface area contributed by atoms with Crippen LogP contribution < -0.4 is 5.32 Å². The molecular formula is C6H7N5O. The minimum absolute atomic E-state index is 0.149. The molecule has 3 N–H and O–H groups in total. The van der Waals surface area contributed by atoms with Gasteiger partial charge < -0.3 is 5.32 Å². The summed E-state index contributed by atoms with van der Waals surface area (Å²) in [5.74, 6) is 0.357. The van der Waals surface area contributed by atoms with E-state index < -0.39 is 0 Å². The zero-order chi connectivity index (χ0) is 8.55. The molecule has 2 aromatic heterocycles. The molecule has 0 saturated heterocycles. The highest BCUT2D eigenvalue weighted by Crippen LogP contribution is 2.16. The number of rotatable bonds is 1. The SMILES string of the molecule is CC(=O)Nc1n[nH]c2[nH]ncc12. The lowest BCUT2D eigenvalue weighted by Crippen LogP contribution is -2.06. The van der Waals surface area contributed by atoms with Crippen molar-refractivity contribution < 1.29 is 4.79 Å². The maximum Gasteiger partial charge on any atom is 0.222 e. The van der Waals surface area contributed by atoms with Crippen molar-refractivity contribution in [2.45, 2.75) is 6.92 Å². The minimum Gasteiger partial charge on any atom is -0.309 e. The fourth-order valence-electron chi connectivity index (χ4n) is 0.985. The first kappa shape index (κ1) is 6.84. The fourth-order valence-corrected chi connectivity index (χ4v) is 0.985. The number of amides is 1. The van der Waals surface area contributed by atoms with Gasteiger partial charge in [0.2, 0.25) is 5.91 Å². The average Bonchev–Trinajstić information content (AvgIpc) is 2.52. The van der Waals surface area contributed by atoms with E-state index in [1.807, 2.05) is 0 Å². The number of nitrogens with zero attached hydrogens (tertiary/aromatic N) is 2. The number of hydrogen-bond donors (Lipinski definition) is 3. The summed E-state index contributed by atoms with van der Waals surface area (Å²) in [7, 11) is 0. The van der Waals surface area contributed by atoms with Gasteiger partial charge in [0.05, 0.1) is 11.6 Å². The minimum atomic E-state index is -0.149. The van der Waals surface area contributed by atoms with Crippen molar-refractivity contribution in [1.29, 1.82) is 0 Å². The number of H-pyrrole nitrogens is 2. The van der Waals surface area contributed by atoms with Crippen LogP contribution in [0, 0.1) is 0 Å². The number of aromatic nitrogens is 4. The first-order valence-corrected chi connectivity index (χ1v) is 3.42. The lowest BCUT2D eigenvalue weighted by atomic mass is 10.4. The lowest BCUT2D eigenvalue weighted by Gasteiger charge is -1.92. The predicted octanol–water partition coefficient (Wildman–Crippen LogP) is 0.244. The van der Waals surface area contributed by atoms with Crippen LogP contribution in [0.3, 0.4) is 0 Å². The van der Waals surface area contributed by atoms with E-state index >= 15 is 0 Å². The molecule has 0 atom stereocenters. The standard InChI is InChI=1S/C6H7N5O/c1-3(12)8-5-4-2-7-9-6(4)11-10-5/h2H,1H3,(H3,7,8,9,10,11,12). The Morgan fingerprint density at radius 3 is 3.17 bits per heavy atom. The predicted molar refractivity (Wildman–Crippen MR) is 42.5 cm³/mol. The van der Waals surface area contributed by atoms with Gasteiger partial charge in [-0.25, -0.2) is 0 Å². The van der Waals surface area contributed by atoms with Crippen molar-refractivity contribution >= 4 is 22.8 Å². The summed E-state index contributed by atoms with van der Waals surface area (Å²) in [5.41, 5.74) is 0.707. The Bertz CT molecular complexity index is 414. The van der Waals surface area contributed by atoms with Crippen LogP contribution in [0.2, 0.25) is 0 Å². The van der Waals surface area contributed by atoms with Crippen LogP contribution in [0.25, 0.3) is 11.0 Å². The highest BCUT2D eigenvalue weighted by molar-refractivity contribution is 5.97. The van der Waals surface area contributed by atoms with Gasteiger partial charge in [-0.15, -0.1) is 0 Å². The topological polar surface area (TPSA) is 86.5 Å². The molecule has 0 radical (unpaired) electrons. The maximum absolute atomic E-state index is 10.7. The Kier molecular flexibility index (Phi) is 1.33. The van der Waals surface area contributed by atoms with Crippen molar-refractivity contribution in [3.8, 4) is 0 Å². The van der Waals surface area contributed by atoms with Gasteiger partial charge in [0, 0.05) is 6.92 Å². The van der Waals surface area contributed by atoms with Gasteiger partial charge in [-0.3, -0.25) is 15.0 Å². The highest BCUT2D eigenvalue weighted by atomic mass is 16.1. The second-order valence-electron chi connectivity index (χ2n) is 2.41. The van der Waals surface area contributed by atoms with Gasteiger partial charge in [-0.2, -0.15) is 10.2 Å². The monoisotopic (exact) mass is 165 g/mol. The Morgan fingerprint density at radius 2 is 2.42 bits per heavy atom. The van der Waals surface area contributed by atoms with Crippen LogP contribution >= 0.6 is 0 Å². The Balaban J connectivity index is 2.47. The molecule has 0 aliphatic carbocycles. The van der Waals surface area contributed by atoms with Gasteiger partial charge in [0.25, 0.3) is 0 Å². The number of carbonyl (C=O) groups excluding carboxylic acids is 1. The molecule has 0 bridgehead atoms. The summed E-state index contributed by atoms with van der Waals surface area (Å²) in [6.07, 6.45) is 1.60. The molecule has 62 valence electrons. The Morgan fingerprint density at radius 1 is 1.58 bits per heavy atom. The molecule has 6 nitrogen and oxygen atoms in total. The maximum atomic E-state index is 10.7. The van der Waals surface area contributed by atoms with Crippen molar-refractivity contribution in [1.82, 2.24) is 20.4 Å². The molecule has 6 heteroatoms. The van der Waals surface area contributed by atoms with Gasteiger partial charge in [0.15, 0.2) is 11.5 Å². The number of nitrogens with one attached hydrogen (secondary N) is 3. The summed E-state index contributed by atoms with van der Waals surface area (Å²) < 4.78 is 0. The second-order valence-corrected chi connectivity index (χ2v) is 2.41. The molecule has 2 aromatic rings. The van der Waals surface area contributed by atoms with E-state index in [0.29, 0.717) is 11.5 Å². The number of hydrogen-bond acceptors (Lipinski definition) is 3. The van der Waals surface area contributed by atoms with Gasteiger partial charge in [-0.05, 0) is 0 Å². The number of aromatic amines is 2. The first-order chi connectivity index (χ1) is 5.77. The summed E-state index contributed by atoms with van der Waals surface area (Å²) >= 11 is 0. The van der Waals surface area contributed by atoms with Crippen LogP contribution in [-0.4, -0.2) is 26.3 Å². The molecule has 2 heterocycles. The third-order valence-corrected chi connectivity index (χ3v) is 1.47. The molecule has 0 spiro atoms. The molecule has 0 fully saturated rings. The number of anilines is 1. The normalized spacial score (nSPS) is 10.4.